The number of aromatic nitrogens is 2. The smallest absolute Gasteiger partial charge is 0.200 e. The Morgan fingerprint density at radius 3 is 2.33 bits per heavy atom. The maximum Gasteiger partial charge on any atom is 0.200 e. The minimum Gasteiger partial charge on any atom is -0.414 e. The standard InChI is InChI=1S/C26H41N5OSi/c1-19(2)33(20(3)4,21(5)6)32-17-23-15-28-25-24(16-27-23)26(30-18-29-25)31(7)14-13-22-11-9-8-10-12-22/h8-12,16,18-21,23H,13-15,17H2,1-7H3,(H,28,29,30)/t23-/m0/s1. The van der Waals surface area contributed by atoms with Crippen LogP contribution in [0.5, 0.6) is 0 Å². The van der Waals surface area contributed by atoms with E-state index in [9.17, 15) is 0 Å². The maximum atomic E-state index is 6.81. The van der Waals surface area contributed by atoms with Crippen molar-refractivity contribution in [1.29, 1.82) is 0 Å². The fraction of sp³-hybridized carbons (Fsp3) is 0.577. The second kappa shape index (κ2) is 11.2. The van der Waals surface area contributed by atoms with Crippen LogP contribution in [0.25, 0.3) is 0 Å². The molecule has 2 aromatic rings. The molecule has 0 bridgehead atoms. The lowest BCUT2D eigenvalue weighted by Crippen LogP contribution is -2.49. The Balaban J connectivity index is 1.72. The van der Waals surface area contributed by atoms with Crippen molar-refractivity contribution in [1.82, 2.24) is 9.97 Å². The predicted octanol–water partition coefficient (Wildman–Crippen LogP) is 5.56. The van der Waals surface area contributed by atoms with E-state index in [0.29, 0.717) is 29.8 Å². The molecule has 0 saturated carbocycles. The number of likely N-dealkylation sites (N-methyl/N-ethyl adjacent to an activating group) is 1. The highest BCUT2D eigenvalue weighted by Gasteiger charge is 2.45. The number of nitrogens with zero attached hydrogens (tertiary/aromatic N) is 4. The van der Waals surface area contributed by atoms with E-state index in [0.717, 1.165) is 30.2 Å². The molecule has 0 aliphatic carbocycles. The average Bonchev–Trinajstić information content (AvgIpc) is 3.00. The van der Waals surface area contributed by atoms with Gasteiger partial charge in [0.05, 0.1) is 18.2 Å². The third kappa shape index (κ3) is 5.82. The third-order valence-corrected chi connectivity index (χ3v) is 13.0. The molecule has 0 fully saturated rings. The molecule has 1 aliphatic heterocycles. The zero-order chi connectivity index (χ0) is 24.0. The van der Waals surface area contributed by atoms with Gasteiger partial charge in [-0.2, -0.15) is 0 Å². The van der Waals surface area contributed by atoms with E-state index in [-0.39, 0.29) is 6.04 Å². The van der Waals surface area contributed by atoms with Crippen molar-refractivity contribution in [2.75, 3.05) is 37.0 Å². The largest absolute Gasteiger partial charge is 0.414 e. The Morgan fingerprint density at radius 1 is 1.03 bits per heavy atom. The fourth-order valence-corrected chi connectivity index (χ4v) is 10.8. The van der Waals surface area contributed by atoms with E-state index in [1.807, 2.05) is 6.21 Å². The van der Waals surface area contributed by atoms with Crippen molar-refractivity contribution in [3.63, 3.8) is 0 Å². The van der Waals surface area contributed by atoms with Crippen LogP contribution >= 0.6 is 0 Å². The first kappa shape index (κ1) is 25.4. The molecule has 0 unspecified atom stereocenters. The fourth-order valence-electron chi connectivity index (χ4n) is 5.29. The normalized spacial score (nSPS) is 16.1. The van der Waals surface area contributed by atoms with E-state index in [1.54, 1.807) is 6.33 Å². The van der Waals surface area contributed by atoms with Crippen LogP contribution in [0.15, 0.2) is 41.7 Å². The average molecular weight is 468 g/mol. The third-order valence-electron chi connectivity index (χ3n) is 6.96. The van der Waals surface area contributed by atoms with Crippen molar-refractivity contribution in [3.8, 4) is 0 Å². The van der Waals surface area contributed by atoms with Gasteiger partial charge < -0.3 is 14.6 Å². The summed E-state index contributed by atoms with van der Waals surface area (Å²) < 4.78 is 6.81. The van der Waals surface area contributed by atoms with Crippen LogP contribution in [0.1, 0.15) is 52.7 Å². The SMILES string of the molecule is CC(C)[Si](OC[C@@H]1CNc2ncnc(N(C)CCc3ccccc3)c2C=N1)(C(C)C)C(C)C. The van der Waals surface area contributed by atoms with Crippen LogP contribution in [0.2, 0.25) is 16.6 Å². The van der Waals surface area contributed by atoms with E-state index in [4.69, 9.17) is 9.42 Å². The summed E-state index contributed by atoms with van der Waals surface area (Å²) in [6, 6.07) is 10.6. The number of nitrogens with one attached hydrogen (secondary N) is 1. The molecule has 180 valence electrons. The first-order valence-corrected chi connectivity index (χ1v) is 14.4. The van der Waals surface area contributed by atoms with Gasteiger partial charge in [0.15, 0.2) is 8.32 Å². The number of hydrogen-bond acceptors (Lipinski definition) is 6. The van der Waals surface area contributed by atoms with E-state index >= 15 is 0 Å². The van der Waals surface area contributed by atoms with Gasteiger partial charge in [-0.1, -0.05) is 71.9 Å². The number of rotatable bonds is 10. The lowest BCUT2D eigenvalue weighted by molar-refractivity contribution is 0.259. The Kier molecular flexibility index (Phi) is 8.65. The molecule has 2 heterocycles. The molecule has 1 aromatic carbocycles. The van der Waals surface area contributed by atoms with Gasteiger partial charge in [0, 0.05) is 26.4 Å². The highest BCUT2D eigenvalue weighted by molar-refractivity contribution is 6.77. The van der Waals surface area contributed by atoms with Gasteiger partial charge in [-0.3, -0.25) is 4.99 Å². The second-order valence-corrected chi connectivity index (χ2v) is 15.5. The topological polar surface area (TPSA) is 62.6 Å². The second-order valence-electron chi connectivity index (χ2n) is 10.1. The number of fused-ring (bicyclic) bond motifs is 1. The van der Waals surface area contributed by atoms with Gasteiger partial charge >= 0.3 is 0 Å². The Bertz CT molecular complexity index is 894. The van der Waals surface area contributed by atoms with Gasteiger partial charge in [-0.05, 0) is 28.6 Å². The highest BCUT2D eigenvalue weighted by Crippen LogP contribution is 2.42. The summed E-state index contributed by atoms with van der Waals surface area (Å²) in [7, 11) is 0.165. The summed E-state index contributed by atoms with van der Waals surface area (Å²) >= 11 is 0. The van der Waals surface area contributed by atoms with Crippen molar-refractivity contribution in [3.05, 3.63) is 47.8 Å². The molecule has 33 heavy (non-hydrogen) atoms. The van der Waals surface area contributed by atoms with Crippen LogP contribution in [-0.4, -0.2) is 57.3 Å². The predicted molar refractivity (Wildman–Crippen MR) is 142 cm³/mol. The Labute approximate surface area is 201 Å². The van der Waals surface area contributed by atoms with E-state index in [2.05, 4.69) is 99.1 Å². The summed E-state index contributed by atoms with van der Waals surface area (Å²) in [5.74, 6) is 1.75. The van der Waals surface area contributed by atoms with Crippen molar-refractivity contribution in [2.45, 2.75) is 70.6 Å². The number of aliphatic imine (C=N–C) groups is 1. The molecule has 1 atom stereocenters. The number of anilines is 2. The van der Waals surface area contributed by atoms with E-state index < -0.39 is 8.32 Å². The molecule has 0 saturated heterocycles. The summed E-state index contributed by atoms with van der Waals surface area (Å²) in [6.45, 7) is 16.2. The first-order valence-electron chi connectivity index (χ1n) is 12.3. The quantitative estimate of drug-likeness (QED) is 0.464. The van der Waals surface area contributed by atoms with Crippen molar-refractivity contribution >= 4 is 26.2 Å². The van der Waals surface area contributed by atoms with Crippen molar-refractivity contribution < 1.29 is 4.43 Å². The van der Waals surface area contributed by atoms with Gasteiger partial charge in [0.1, 0.15) is 18.0 Å². The molecule has 3 rings (SSSR count). The molecule has 1 N–H and O–H groups in total. The Morgan fingerprint density at radius 2 is 1.70 bits per heavy atom. The van der Waals surface area contributed by atoms with Gasteiger partial charge in [-0.25, -0.2) is 9.97 Å². The monoisotopic (exact) mass is 467 g/mol. The lowest BCUT2D eigenvalue weighted by atomic mass is 10.1. The van der Waals surface area contributed by atoms with Crippen LogP contribution in [0, 0.1) is 0 Å². The lowest BCUT2D eigenvalue weighted by Gasteiger charge is -2.42. The van der Waals surface area contributed by atoms with Gasteiger partial charge in [-0.15, -0.1) is 0 Å². The summed E-state index contributed by atoms with van der Waals surface area (Å²) in [4.78, 5) is 16.2. The number of hydrogen-bond donors (Lipinski definition) is 1. The van der Waals surface area contributed by atoms with Crippen LogP contribution in [-0.2, 0) is 10.8 Å². The van der Waals surface area contributed by atoms with Crippen LogP contribution in [0.4, 0.5) is 11.6 Å². The number of benzene rings is 1. The molecule has 6 nitrogen and oxygen atoms in total. The molecule has 0 amide bonds. The summed E-state index contributed by atoms with van der Waals surface area (Å²) in [5.41, 5.74) is 3.96. The van der Waals surface area contributed by atoms with Crippen LogP contribution < -0.4 is 10.2 Å². The van der Waals surface area contributed by atoms with Crippen LogP contribution in [0.3, 0.4) is 0 Å². The Hall–Kier alpha value is -2.25. The molecule has 0 spiro atoms. The molecular formula is C26H41N5OSi. The van der Waals surface area contributed by atoms with Gasteiger partial charge in [0.25, 0.3) is 0 Å². The minimum atomic E-state index is -1.92. The molecule has 1 aliphatic rings. The maximum absolute atomic E-state index is 6.81. The molecular weight excluding hydrogens is 426 g/mol. The summed E-state index contributed by atoms with van der Waals surface area (Å²) in [6.07, 6.45) is 4.55. The van der Waals surface area contributed by atoms with E-state index in [1.165, 1.54) is 5.56 Å². The molecule has 7 heteroatoms. The zero-order valence-electron chi connectivity index (χ0n) is 21.4. The van der Waals surface area contributed by atoms with Gasteiger partial charge in [0.2, 0.25) is 0 Å². The first-order chi connectivity index (χ1) is 15.8. The summed E-state index contributed by atoms with van der Waals surface area (Å²) in [5, 5.41) is 3.50. The molecule has 1 aromatic heterocycles. The highest BCUT2D eigenvalue weighted by atomic mass is 28.4. The minimum absolute atomic E-state index is 0.0600. The zero-order valence-corrected chi connectivity index (χ0v) is 22.4. The van der Waals surface area contributed by atoms with Crippen molar-refractivity contribution in [2.24, 2.45) is 4.99 Å². The molecule has 0 radical (unpaired) electrons.